The van der Waals surface area contributed by atoms with Gasteiger partial charge in [-0.05, 0) is 39.3 Å². The van der Waals surface area contributed by atoms with Crippen LogP contribution in [0.15, 0.2) is 97.3 Å². The van der Waals surface area contributed by atoms with E-state index in [1.165, 1.54) is 113 Å². The molecule has 0 spiro atoms. The molecule has 2 aromatic heterocycles. The normalized spacial score (nSPS) is 15.7. The molecule has 57 heavy (non-hydrogen) atoms. The first-order valence-corrected chi connectivity index (χ1v) is 21.2. The van der Waals surface area contributed by atoms with E-state index < -0.39 is 0 Å². The molecule has 0 amide bonds. The zero-order valence-electron chi connectivity index (χ0n) is 34.7. The van der Waals surface area contributed by atoms with Crippen LogP contribution in [0.4, 0.5) is 0 Å². The summed E-state index contributed by atoms with van der Waals surface area (Å²) in [4.78, 5) is 9.69. The molecule has 7 aromatic rings. The Morgan fingerprint density at radius 1 is 0.702 bits per heavy atom. The third-order valence-electron chi connectivity index (χ3n) is 12.3. The average molecular weight is 933 g/mol. The molecule has 0 atom stereocenters. The van der Waals surface area contributed by atoms with Crippen molar-refractivity contribution < 1.29 is 20.1 Å². The summed E-state index contributed by atoms with van der Waals surface area (Å²) in [5.74, 6) is 0.390. The average Bonchev–Trinajstić information content (AvgIpc) is 3.53. The van der Waals surface area contributed by atoms with Crippen molar-refractivity contribution in [3.05, 3.63) is 131 Å². The van der Waals surface area contributed by atoms with Gasteiger partial charge in [0.1, 0.15) is 6.33 Å². The summed E-state index contributed by atoms with van der Waals surface area (Å²) in [5.41, 5.74) is 9.31. The van der Waals surface area contributed by atoms with E-state index >= 15 is 0 Å². The second kappa shape index (κ2) is 17.9. The van der Waals surface area contributed by atoms with Crippen LogP contribution in [0.3, 0.4) is 0 Å². The smallest absolute Gasteiger partial charge is 0.671 e. The van der Waals surface area contributed by atoms with Crippen molar-refractivity contribution in [3.63, 3.8) is 0 Å². The van der Waals surface area contributed by atoms with Crippen LogP contribution >= 0.6 is 0 Å². The molecule has 6 heteroatoms. The van der Waals surface area contributed by atoms with Gasteiger partial charge in [-0.25, -0.2) is 11.1 Å². The van der Waals surface area contributed by atoms with E-state index in [9.17, 15) is 0 Å². The van der Waals surface area contributed by atoms with E-state index in [-0.39, 0.29) is 31.7 Å². The zero-order chi connectivity index (χ0) is 38.8. The Labute approximate surface area is 353 Å². The molecule has 0 aliphatic heterocycles. The number of aromatic nitrogens is 3. The van der Waals surface area contributed by atoms with Gasteiger partial charge in [0.25, 0.3) is 0 Å². The molecule has 0 unspecified atom stereocenters. The summed E-state index contributed by atoms with van der Waals surface area (Å²) in [6.45, 7) is 11.3. The predicted molar refractivity (Wildman–Crippen MR) is 238 cm³/mol. The maximum Gasteiger partial charge on any atom is 3.00 e. The molecule has 2 fully saturated rings. The molecule has 2 heterocycles. The fourth-order valence-electron chi connectivity index (χ4n) is 9.15. The van der Waals surface area contributed by atoms with Crippen molar-refractivity contribution in [2.75, 3.05) is 0 Å². The molecule has 2 saturated carbocycles. The van der Waals surface area contributed by atoms with E-state index in [4.69, 9.17) is 20.6 Å². The molecule has 296 valence electrons. The predicted octanol–water partition coefficient (Wildman–Crippen LogP) is 14.4. The Morgan fingerprint density at radius 2 is 1.33 bits per heavy atom. The quantitative estimate of drug-likeness (QED) is 0.150. The van der Waals surface area contributed by atoms with Gasteiger partial charge >= 0.3 is 20.1 Å². The van der Waals surface area contributed by atoms with Crippen LogP contribution in [-0.4, -0.2) is 26.6 Å². The van der Waals surface area contributed by atoms with Gasteiger partial charge in [-0.15, -0.1) is 41.2 Å². The van der Waals surface area contributed by atoms with Crippen molar-refractivity contribution in [2.24, 2.45) is 7.05 Å². The standard InChI is InChI=1S/C32H30N3.C19H28N2.Ir/c1-19(2)26-17-21-10-7-8-12-24(21)27-29-31(35(6)30(26)27)28(33-18-34-29)25-13-9-11-20-16-22(32(3,4)5)14-15-23(20)25;1-4-10-16(11-5-1)19(20-17-12-6-2-7-13-17)21-18-14-8-3-9-15-18;/h7-12,14-19H,1-6H3;1,4-5,10-11,17-19H,2-3,6-9,12-15H2;/q-1;-2;+3. The summed E-state index contributed by atoms with van der Waals surface area (Å²) >= 11 is 0. The number of benzene rings is 5. The van der Waals surface area contributed by atoms with E-state index in [2.05, 4.69) is 137 Å². The second-order valence-electron chi connectivity index (χ2n) is 17.6. The zero-order valence-corrected chi connectivity index (χ0v) is 37.1. The minimum Gasteiger partial charge on any atom is -0.671 e. The summed E-state index contributed by atoms with van der Waals surface area (Å²) in [5, 5.41) is 16.3. The van der Waals surface area contributed by atoms with Gasteiger partial charge in [0, 0.05) is 18.1 Å². The topological polar surface area (TPSA) is 58.9 Å². The fourth-order valence-corrected chi connectivity index (χ4v) is 9.15. The van der Waals surface area contributed by atoms with Gasteiger partial charge in [0.15, 0.2) is 0 Å². The Hall–Kier alpha value is -3.93. The number of hydrogen-bond donors (Lipinski definition) is 0. The van der Waals surface area contributed by atoms with Crippen LogP contribution in [0.1, 0.15) is 128 Å². The van der Waals surface area contributed by atoms with E-state index in [1.54, 1.807) is 6.33 Å². The Morgan fingerprint density at radius 3 is 1.98 bits per heavy atom. The number of fused-ring (bicyclic) bond motifs is 6. The summed E-state index contributed by atoms with van der Waals surface area (Å²) in [7, 11) is 2.15. The molecule has 0 radical (unpaired) electrons. The summed E-state index contributed by atoms with van der Waals surface area (Å²) < 4.78 is 2.30. The number of rotatable bonds is 7. The van der Waals surface area contributed by atoms with E-state index in [0.29, 0.717) is 18.0 Å². The summed E-state index contributed by atoms with van der Waals surface area (Å²) in [6, 6.07) is 37.2. The number of aryl methyl sites for hydroxylation is 1. The van der Waals surface area contributed by atoms with Crippen LogP contribution in [0.2, 0.25) is 0 Å². The Bertz CT molecular complexity index is 2410. The van der Waals surface area contributed by atoms with Crippen LogP contribution in [-0.2, 0) is 32.6 Å². The maximum atomic E-state index is 5.13. The second-order valence-corrected chi connectivity index (χ2v) is 17.6. The summed E-state index contributed by atoms with van der Waals surface area (Å²) in [6.07, 6.45) is 15.0. The van der Waals surface area contributed by atoms with Gasteiger partial charge in [0.2, 0.25) is 0 Å². The van der Waals surface area contributed by atoms with Crippen LogP contribution in [0.25, 0.3) is 65.4 Å². The van der Waals surface area contributed by atoms with Gasteiger partial charge in [-0.2, -0.15) is 0 Å². The third kappa shape index (κ3) is 8.76. The molecular formula is C51H58IrN5. The van der Waals surface area contributed by atoms with Gasteiger partial charge in [0.05, 0.1) is 16.6 Å². The molecule has 5 nitrogen and oxygen atoms in total. The molecule has 2 aliphatic rings. The van der Waals surface area contributed by atoms with Crippen LogP contribution in [0, 0.1) is 6.07 Å². The molecule has 0 bridgehead atoms. The van der Waals surface area contributed by atoms with Crippen LogP contribution in [0.5, 0.6) is 0 Å². The fraction of sp³-hybridized carbons (Fsp3) is 0.412. The van der Waals surface area contributed by atoms with Crippen molar-refractivity contribution in [1.29, 1.82) is 0 Å². The minimum atomic E-state index is 0. The van der Waals surface area contributed by atoms with E-state index in [0.717, 1.165) is 22.3 Å². The molecular weight excluding hydrogens is 875 g/mol. The minimum absolute atomic E-state index is 0. The van der Waals surface area contributed by atoms with Crippen molar-refractivity contribution in [1.82, 2.24) is 14.5 Å². The third-order valence-corrected chi connectivity index (χ3v) is 12.3. The first-order chi connectivity index (χ1) is 27.2. The molecule has 0 saturated heterocycles. The molecule has 5 aromatic carbocycles. The molecule has 0 N–H and O–H groups in total. The van der Waals surface area contributed by atoms with Crippen LogP contribution < -0.4 is 0 Å². The Kier molecular flexibility index (Phi) is 13.0. The monoisotopic (exact) mass is 933 g/mol. The number of hydrogen-bond acceptors (Lipinski definition) is 2. The van der Waals surface area contributed by atoms with Gasteiger partial charge in [-0.1, -0.05) is 183 Å². The van der Waals surface area contributed by atoms with Gasteiger partial charge in [-0.3, -0.25) is 4.98 Å². The first kappa shape index (κ1) is 41.2. The molecule has 2 aliphatic carbocycles. The van der Waals surface area contributed by atoms with E-state index in [1.807, 2.05) is 6.07 Å². The largest absolute Gasteiger partial charge is 3.00 e. The van der Waals surface area contributed by atoms with Crippen molar-refractivity contribution in [3.8, 4) is 11.3 Å². The van der Waals surface area contributed by atoms with Crippen molar-refractivity contribution >= 4 is 43.5 Å². The van der Waals surface area contributed by atoms with Crippen molar-refractivity contribution in [2.45, 2.75) is 128 Å². The van der Waals surface area contributed by atoms with Gasteiger partial charge < -0.3 is 15.2 Å². The SMILES string of the molecule is CC(C)c1cc2ccccc2c2c3ncnc(-c4[c-]ccc5cc(C(C)(C)C)ccc45)c3n(C)c12.[Ir+3].c1ccc(C([N-]C2CCCCC2)[N-]C2CCCCC2)cc1. The number of nitrogens with zero attached hydrogens (tertiary/aromatic N) is 5. The maximum absolute atomic E-state index is 5.13. The Balaban J connectivity index is 0.000000193. The first-order valence-electron chi connectivity index (χ1n) is 21.2. The molecule has 9 rings (SSSR count).